The maximum Gasteiger partial charge on any atom is 0.265 e. The normalized spacial score (nSPS) is 11.9. The molecule has 0 radical (unpaired) electrons. The Morgan fingerprint density at radius 3 is 2.41 bits per heavy atom. The maximum atomic E-state index is 13.1. The number of hydrogen-bond acceptors (Lipinski definition) is 4. The van der Waals surface area contributed by atoms with Gasteiger partial charge in [0.1, 0.15) is 11.3 Å². The molecule has 1 heterocycles. The van der Waals surface area contributed by atoms with Crippen LogP contribution in [-0.4, -0.2) is 17.8 Å². The molecule has 0 aliphatic carbocycles. The molecule has 0 aliphatic heterocycles. The number of hydrogen-bond donors (Lipinski definition) is 1. The molecule has 0 fully saturated rings. The molecule has 0 spiro atoms. The van der Waals surface area contributed by atoms with Crippen molar-refractivity contribution in [3.05, 3.63) is 94.2 Å². The zero-order chi connectivity index (χ0) is 22.8. The van der Waals surface area contributed by atoms with E-state index < -0.39 is 6.10 Å². The van der Waals surface area contributed by atoms with Gasteiger partial charge in [-0.05, 0) is 80.4 Å². The molecule has 4 rings (SSSR count). The number of anilines is 1. The number of halogens is 1. The second-order valence-corrected chi connectivity index (χ2v) is 8.07. The van der Waals surface area contributed by atoms with Gasteiger partial charge in [-0.2, -0.15) is 0 Å². The lowest BCUT2D eigenvalue weighted by Crippen LogP contribution is -2.30. The first-order valence-electron chi connectivity index (χ1n) is 10.2. The SMILES string of the molecule is Cc1ccc(O[C@H](C)C(=O)Nc2c(C(=O)c3ccc(Cl)cc3)oc3ccccc23)cc1C. The summed E-state index contributed by atoms with van der Waals surface area (Å²) in [7, 11) is 0. The second-order valence-electron chi connectivity index (χ2n) is 7.63. The number of furan rings is 1. The summed E-state index contributed by atoms with van der Waals surface area (Å²) in [4.78, 5) is 26.1. The second kappa shape index (κ2) is 8.89. The van der Waals surface area contributed by atoms with E-state index in [9.17, 15) is 9.59 Å². The van der Waals surface area contributed by atoms with E-state index in [0.29, 0.717) is 33.0 Å². The molecule has 1 N–H and O–H groups in total. The minimum atomic E-state index is -0.788. The first kappa shape index (κ1) is 21.7. The summed E-state index contributed by atoms with van der Waals surface area (Å²) in [5.74, 6) is -0.0821. The monoisotopic (exact) mass is 447 g/mol. The van der Waals surface area contributed by atoms with E-state index >= 15 is 0 Å². The summed E-state index contributed by atoms with van der Waals surface area (Å²) in [6, 6.07) is 19.3. The van der Waals surface area contributed by atoms with Gasteiger partial charge in [-0.3, -0.25) is 9.59 Å². The molecule has 1 atom stereocenters. The van der Waals surface area contributed by atoms with Crippen molar-refractivity contribution in [3.63, 3.8) is 0 Å². The molecule has 0 aliphatic rings. The smallest absolute Gasteiger partial charge is 0.265 e. The van der Waals surface area contributed by atoms with Gasteiger partial charge in [-0.25, -0.2) is 0 Å². The lowest BCUT2D eigenvalue weighted by Gasteiger charge is -2.15. The number of nitrogens with one attached hydrogen (secondary N) is 1. The van der Waals surface area contributed by atoms with Crippen molar-refractivity contribution < 1.29 is 18.7 Å². The standard InChI is InChI=1S/C26H22ClNO4/c1-15-8-13-20(14-16(15)2)31-17(3)26(30)28-23-21-6-4-5-7-22(21)32-25(23)24(29)18-9-11-19(27)12-10-18/h4-14,17H,1-3H3,(H,28,30)/t17-/m1/s1. The van der Waals surface area contributed by atoms with Gasteiger partial charge in [0.2, 0.25) is 5.78 Å². The molecule has 6 heteroatoms. The molecule has 4 aromatic rings. The molecule has 0 unspecified atom stereocenters. The van der Waals surface area contributed by atoms with Crippen LogP contribution in [0, 0.1) is 13.8 Å². The van der Waals surface area contributed by atoms with Crippen LogP contribution in [0.25, 0.3) is 11.0 Å². The third kappa shape index (κ3) is 4.39. The Morgan fingerprint density at radius 1 is 0.969 bits per heavy atom. The van der Waals surface area contributed by atoms with E-state index in [1.54, 1.807) is 49.4 Å². The predicted octanol–water partition coefficient (Wildman–Crippen LogP) is 6.34. The van der Waals surface area contributed by atoms with Crippen molar-refractivity contribution >= 4 is 39.9 Å². The van der Waals surface area contributed by atoms with Crippen molar-refractivity contribution in [2.75, 3.05) is 5.32 Å². The van der Waals surface area contributed by atoms with Gasteiger partial charge in [0.05, 0.1) is 5.69 Å². The molecular formula is C26H22ClNO4. The number of carbonyl (C=O) groups is 2. The molecule has 1 amide bonds. The Labute approximate surface area is 191 Å². The Kier molecular flexibility index (Phi) is 6.01. The van der Waals surface area contributed by atoms with Crippen molar-refractivity contribution in [2.24, 2.45) is 0 Å². The summed E-state index contributed by atoms with van der Waals surface area (Å²) in [6.45, 7) is 5.66. The van der Waals surface area contributed by atoms with Crippen LogP contribution in [-0.2, 0) is 4.79 Å². The van der Waals surface area contributed by atoms with Gasteiger partial charge in [-0.1, -0.05) is 29.8 Å². The zero-order valence-electron chi connectivity index (χ0n) is 17.9. The molecule has 0 saturated heterocycles. The minimum absolute atomic E-state index is 0.0558. The topological polar surface area (TPSA) is 68.5 Å². The van der Waals surface area contributed by atoms with Crippen LogP contribution in [0.2, 0.25) is 5.02 Å². The Balaban J connectivity index is 1.63. The van der Waals surface area contributed by atoms with Gasteiger partial charge < -0.3 is 14.5 Å². The van der Waals surface area contributed by atoms with Crippen molar-refractivity contribution in [2.45, 2.75) is 26.9 Å². The largest absolute Gasteiger partial charge is 0.481 e. The van der Waals surface area contributed by atoms with Crippen molar-refractivity contribution in [1.29, 1.82) is 0 Å². The molecule has 0 bridgehead atoms. The number of carbonyl (C=O) groups excluding carboxylic acids is 2. The molecule has 1 aromatic heterocycles. The van der Waals surface area contributed by atoms with Gasteiger partial charge >= 0.3 is 0 Å². The molecular weight excluding hydrogens is 426 g/mol. The van der Waals surface area contributed by atoms with Gasteiger partial charge in [0.25, 0.3) is 5.91 Å². The van der Waals surface area contributed by atoms with E-state index in [0.717, 1.165) is 11.1 Å². The third-order valence-corrected chi connectivity index (χ3v) is 5.57. The number of para-hydroxylation sites is 1. The molecule has 3 aromatic carbocycles. The quantitative estimate of drug-likeness (QED) is 0.350. The van der Waals surface area contributed by atoms with E-state index in [-0.39, 0.29) is 17.5 Å². The highest BCUT2D eigenvalue weighted by Gasteiger charge is 2.25. The molecule has 32 heavy (non-hydrogen) atoms. The summed E-state index contributed by atoms with van der Waals surface area (Å²) in [5, 5.41) is 4.00. The van der Waals surface area contributed by atoms with Crippen LogP contribution < -0.4 is 10.1 Å². The Bertz CT molecular complexity index is 1310. The number of benzene rings is 3. The number of aryl methyl sites for hydroxylation is 2. The minimum Gasteiger partial charge on any atom is -0.481 e. The predicted molar refractivity (Wildman–Crippen MR) is 126 cm³/mol. The zero-order valence-corrected chi connectivity index (χ0v) is 18.7. The third-order valence-electron chi connectivity index (χ3n) is 5.32. The van der Waals surface area contributed by atoms with Crippen LogP contribution in [0.5, 0.6) is 5.75 Å². The van der Waals surface area contributed by atoms with Crippen LogP contribution in [0.1, 0.15) is 34.2 Å². The number of rotatable bonds is 6. The van der Waals surface area contributed by atoms with Gasteiger partial charge in [-0.15, -0.1) is 0 Å². The molecule has 5 nitrogen and oxygen atoms in total. The van der Waals surface area contributed by atoms with E-state index in [4.69, 9.17) is 20.8 Å². The van der Waals surface area contributed by atoms with E-state index in [1.165, 1.54) is 0 Å². The average molecular weight is 448 g/mol. The maximum absolute atomic E-state index is 13.1. The van der Waals surface area contributed by atoms with Crippen molar-refractivity contribution in [1.82, 2.24) is 0 Å². The highest BCUT2D eigenvalue weighted by molar-refractivity contribution is 6.30. The first-order chi connectivity index (χ1) is 15.3. The lowest BCUT2D eigenvalue weighted by molar-refractivity contribution is -0.122. The van der Waals surface area contributed by atoms with Gasteiger partial charge in [0, 0.05) is 16.0 Å². The number of fused-ring (bicyclic) bond motifs is 1. The molecule has 162 valence electrons. The van der Waals surface area contributed by atoms with Crippen LogP contribution in [0.15, 0.2) is 71.1 Å². The Hall–Kier alpha value is -3.57. The molecule has 0 saturated carbocycles. The lowest BCUT2D eigenvalue weighted by atomic mass is 10.1. The summed E-state index contributed by atoms with van der Waals surface area (Å²) >= 11 is 5.94. The summed E-state index contributed by atoms with van der Waals surface area (Å²) < 4.78 is 11.7. The van der Waals surface area contributed by atoms with Gasteiger partial charge in [0.15, 0.2) is 11.9 Å². The summed E-state index contributed by atoms with van der Waals surface area (Å²) in [5.41, 5.74) is 3.45. The van der Waals surface area contributed by atoms with E-state index in [2.05, 4.69) is 5.32 Å². The first-order valence-corrected chi connectivity index (χ1v) is 10.6. The van der Waals surface area contributed by atoms with Crippen LogP contribution in [0.3, 0.4) is 0 Å². The summed E-state index contributed by atoms with van der Waals surface area (Å²) in [6.07, 6.45) is -0.788. The number of ketones is 1. The fraction of sp³-hybridized carbons (Fsp3) is 0.154. The van der Waals surface area contributed by atoms with Crippen molar-refractivity contribution in [3.8, 4) is 5.75 Å². The number of ether oxygens (including phenoxy) is 1. The fourth-order valence-corrected chi connectivity index (χ4v) is 3.46. The van der Waals surface area contributed by atoms with Crippen LogP contribution >= 0.6 is 11.6 Å². The highest BCUT2D eigenvalue weighted by Crippen LogP contribution is 2.33. The number of amides is 1. The fourth-order valence-electron chi connectivity index (χ4n) is 3.33. The van der Waals surface area contributed by atoms with Crippen LogP contribution in [0.4, 0.5) is 5.69 Å². The Morgan fingerprint density at radius 2 is 1.69 bits per heavy atom. The highest BCUT2D eigenvalue weighted by atomic mass is 35.5. The average Bonchev–Trinajstić information content (AvgIpc) is 3.14. The van der Waals surface area contributed by atoms with E-state index in [1.807, 2.05) is 38.1 Å².